The number of ether oxygens (including phenoxy) is 1. The van der Waals surface area contributed by atoms with E-state index in [0.717, 1.165) is 15.8 Å². The van der Waals surface area contributed by atoms with E-state index in [4.69, 9.17) is 10.5 Å². The summed E-state index contributed by atoms with van der Waals surface area (Å²) >= 11 is 3.47. The van der Waals surface area contributed by atoms with Gasteiger partial charge < -0.3 is 10.5 Å². The molecule has 0 saturated heterocycles. The van der Waals surface area contributed by atoms with Gasteiger partial charge in [-0.15, -0.1) is 0 Å². The van der Waals surface area contributed by atoms with E-state index in [1.54, 1.807) is 0 Å². The van der Waals surface area contributed by atoms with Crippen LogP contribution in [0.15, 0.2) is 40.9 Å². The standard InChI is InChI=1S/C17H20BrNO/c1-11-4-5-12(2)14(8-11)10-20-17-7-6-15(18)9-16(17)13(3)19/h4-9,13H,10,19H2,1-3H3. The molecule has 3 heteroatoms. The third kappa shape index (κ3) is 3.62. The van der Waals surface area contributed by atoms with Crippen LogP contribution in [-0.4, -0.2) is 0 Å². The molecule has 0 aliphatic rings. The smallest absolute Gasteiger partial charge is 0.124 e. The molecule has 0 heterocycles. The largest absolute Gasteiger partial charge is 0.489 e. The monoisotopic (exact) mass is 333 g/mol. The molecule has 0 amide bonds. The van der Waals surface area contributed by atoms with E-state index in [1.807, 2.05) is 25.1 Å². The van der Waals surface area contributed by atoms with Gasteiger partial charge in [-0.2, -0.15) is 0 Å². The minimum atomic E-state index is -0.0545. The molecule has 0 aliphatic carbocycles. The summed E-state index contributed by atoms with van der Waals surface area (Å²) in [6.45, 7) is 6.73. The second-order valence-electron chi connectivity index (χ2n) is 5.19. The zero-order valence-electron chi connectivity index (χ0n) is 12.1. The summed E-state index contributed by atoms with van der Waals surface area (Å²) in [5, 5.41) is 0. The third-order valence-corrected chi connectivity index (χ3v) is 3.84. The average Bonchev–Trinajstić information content (AvgIpc) is 2.40. The van der Waals surface area contributed by atoms with Gasteiger partial charge in [-0.25, -0.2) is 0 Å². The molecule has 20 heavy (non-hydrogen) atoms. The van der Waals surface area contributed by atoms with Gasteiger partial charge in [0.1, 0.15) is 12.4 Å². The maximum atomic E-state index is 6.01. The molecule has 2 aromatic carbocycles. The fraction of sp³-hybridized carbons (Fsp3) is 0.294. The molecule has 1 atom stereocenters. The quantitative estimate of drug-likeness (QED) is 0.882. The Morgan fingerprint density at radius 3 is 2.60 bits per heavy atom. The highest BCUT2D eigenvalue weighted by molar-refractivity contribution is 9.10. The highest BCUT2D eigenvalue weighted by atomic mass is 79.9. The van der Waals surface area contributed by atoms with Crippen LogP contribution in [0.2, 0.25) is 0 Å². The van der Waals surface area contributed by atoms with Crippen LogP contribution in [-0.2, 0) is 6.61 Å². The zero-order valence-corrected chi connectivity index (χ0v) is 13.7. The van der Waals surface area contributed by atoms with E-state index < -0.39 is 0 Å². The van der Waals surface area contributed by atoms with Crippen molar-refractivity contribution >= 4 is 15.9 Å². The van der Waals surface area contributed by atoms with Gasteiger partial charge in [-0.05, 0) is 50.1 Å². The topological polar surface area (TPSA) is 35.2 Å². The van der Waals surface area contributed by atoms with Crippen molar-refractivity contribution < 1.29 is 4.74 Å². The molecule has 2 nitrogen and oxygen atoms in total. The lowest BCUT2D eigenvalue weighted by atomic mass is 10.1. The van der Waals surface area contributed by atoms with Crippen molar-refractivity contribution in [3.63, 3.8) is 0 Å². The molecule has 106 valence electrons. The second-order valence-corrected chi connectivity index (χ2v) is 6.11. The van der Waals surface area contributed by atoms with E-state index in [9.17, 15) is 0 Å². The van der Waals surface area contributed by atoms with Crippen LogP contribution in [0.3, 0.4) is 0 Å². The van der Waals surface area contributed by atoms with Crippen molar-refractivity contribution in [3.8, 4) is 5.75 Å². The molecule has 0 spiro atoms. The van der Waals surface area contributed by atoms with Crippen molar-refractivity contribution in [2.24, 2.45) is 5.73 Å². The molecular weight excluding hydrogens is 314 g/mol. The van der Waals surface area contributed by atoms with Crippen LogP contribution >= 0.6 is 15.9 Å². The first-order valence-electron chi connectivity index (χ1n) is 6.71. The molecule has 1 unspecified atom stereocenters. The van der Waals surface area contributed by atoms with E-state index >= 15 is 0 Å². The van der Waals surface area contributed by atoms with Gasteiger partial charge in [0.05, 0.1) is 0 Å². The van der Waals surface area contributed by atoms with Gasteiger partial charge in [-0.3, -0.25) is 0 Å². The van der Waals surface area contributed by atoms with Gasteiger partial charge in [-0.1, -0.05) is 39.7 Å². The van der Waals surface area contributed by atoms with Crippen LogP contribution in [0.25, 0.3) is 0 Å². The van der Waals surface area contributed by atoms with E-state index in [-0.39, 0.29) is 6.04 Å². The Bertz CT molecular complexity index is 608. The van der Waals surface area contributed by atoms with Crippen molar-refractivity contribution in [2.45, 2.75) is 33.4 Å². The Morgan fingerprint density at radius 2 is 1.90 bits per heavy atom. The van der Waals surface area contributed by atoms with Gasteiger partial charge in [0.25, 0.3) is 0 Å². The fourth-order valence-electron chi connectivity index (χ4n) is 2.12. The molecule has 0 saturated carbocycles. The van der Waals surface area contributed by atoms with Gasteiger partial charge in [0.15, 0.2) is 0 Å². The maximum Gasteiger partial charge on any atom is 0.124 e. The Hall–Kier alpha value is -1.32. The zero-order chi connectivity index (χ0) is 14.7. The predicted octanol–water partition coefficient (Wildman–Crippen LogP) is 4.66. The summed E-state index contributed by atoms with van der Waals surface area (Å²) in [6.07, 6.45) is 0. The van der Waals surface area contributed by atoms with E-state index in [0.29, 0.717) is 6.61 Å². The first-order chi connectivity index (χ1) is 9.47. The van der Waals surface area contributed by atoms with Crippen LogP contribution in [0.5, 0.6) is 5.75 Å². The average molecular weight is 334 g/mol. The number of benzene rings is 2. The predicted molar refractivity (Wildman–Crippen MR) is 87.0 cm³/mol. The minimum absolute atomic E-state index is 0.0545. The number of rotatable bonds is 4. The first kappa shape index (κ1) is 15.1. The lowest BCUT2D eigenvalue weighted by Crippen LogP contribution is -2.08. The molecule has 0 radical (unpaired) electrons. The van der Waals surface area contributed by atoms with Crippen molar-refractivity contribution in [3.05, 3.63) is 63.1 Å². The molecule has 2 rings (SSSR count). The van der Waals surface area contributed by atoms with E-state index in [1.165, 1.54) is 16.7 Å². The summed E-state index contributed by atoms with van der Waals surface area (Å²) in [4.78, 5) is 0. The Balaban J connectivity index is 2.20. The molecular formula is C17H20BrNO. The fourth-order valence-corrected chi connectivity index (χ4v) is 2.50. The summed E-state index contributed by atoms with van der Waals surface area (Å²) in [6, 6.07) is 12.3. The van der Waals surface area contributed by atoms with E-state index in [2.05, 4.69) is 48.0 Å². The first-order valence-corrected chi connectivity index (χ1v) is 7.50. The molecule has 0 fully saturated rings. The SMILES string of the molecule is Cc1ccc(C)c(COc2ccc(Br)cc2C(C)N)c1. The third-order valence-electron chi connectivity index (χ3n) is 3.35. The highest BCUT2D eigenvalue weighted by Gasteiger charge is 2.09. The second kappa shape index (κ2) is 6.42. The number of aryl methyl sites for hydroxylation is 2. The maximum absolute atomic E-state index is 6.01. The van der Waals surface area contributed by atoms with Crippen LogP contribution in [0.1, 0.15) is 35.2 Å². The number of nitrogens with two attached hydrogens (primary N) is 1. The summed E-state index contributed by atoms with van der Waals surface area (Å²) in [5.41, 5.74) is 10.7. The Labute approximate surface area is 129 Å². The summed E-state index contributed by atoms with van der Waals surface area (Å²) in [7, 11) is 0. The molecule has 0 aliphatic heterocycles. The molecule has 2 aromatic rings. The lowest BCUT2D eigenvalue weighted by molar-refractivity contribution is 0.300. The summed E-state index contributed by atoms with van der Waals surface area (Å²) in [5.74, 6) is 0.851. The highest BCUT2D eigenvalue weighted by Crippen LogP contribution is 2.28. The molecule has 0 aromatic heterocycles. The number of hydrogen-bond acceptors (Lipinski definition) is 2. The lowest BCUT2D eigenvalue weighted by Gasteiger charge is -2.15. The normalized spacial score (nSPS) is 12.2. The van der Waals surface area contributed by atoms with Gasteiger partial charge in [0, 0.05) is 16.1 Å². The molecule has 0 bridgehead atoms. The van der Waals surface area contributed by atoms with Crippen LogP contribution in [0.4, 0.5) is 0 Å². The molecule has 2 N–H and O–H groups in total. The Morgan fingerprint density at radius 1 is 1.15 bits per heavy atom. The minimum Gasteiger partial charge on any atom is -0.489 e. The van der Waals surface area contributed by atoms with Gasteiger partial charge in [0.2, 0.25) is 0 Å². The number of hydrogen-bond donors (Lipinski definition) is 1. The van der Waals surface area contributed by atoms with Crippen LogP contribution < -0.4 is 10.5 Å². The van der Waals surface area contributed by atoms with Crippen molar-refractivity contribution in [2.75, 3.05) is 0 Å². The number of halogens is 1. The van der Waals surface area contributed by atoms with Crippen LogP contribution in [0, 0.1) is 13.8 Å². The van der Waals surface area contributed by atoms with Crippen molar-refractivity contribution in [1.82, 2.24) is 0 Å². The van der Waals surface area contributed by atoms with Crippen molar-refractivity contribution in [1.29, 1.82) is 0 Å². The Kier molecular flexibility index (Phi) is 4.84. The summed E-state index contributed by atoms with van der Waals surface area (Å²) < 4.78 is 6.99. The van der Waals surface area contributed by atoms with Gasteiger partial charge >= 0.3 is 0 Å².